The Bertz CT molecular complexity index is 571. The quantitative estimate of drug-likeness (QED) is 0.901. The average Bonchev–Trinajstić information content (AvgIpc) is 2.48. The molecule has 1 saturated heterocycles. The summed E-state index contributed by atoms with van der Waals surface area (Å²) in [6, 6.07) is 15.6. The van der Waals surface area contributed by atoms with E-state index in [2.05, 4.69) is 65.8 Å². The second kappa shape index (κ2) is 5.55. The number of nitrogens with one attached hydrogen (secondary N) is 1. The molecule has 1 unspecified atom stereocenters. The van der Waals surface area contributed by atoms with E-state index >= 15 is 0 Å². The van der Waals surface area contributed by atoms with Crippen molar-refractivity contribution in [2.75, 3.05) is 19.6 Å². The van der Waals surface area contributed by atoms with Crippen molar-refractivity contribution in [3.8, 4) is 0 Å². The third kappa shape index (κ3) is 2.42. The van der Waals surface area contributed by atoms with Crippen LogP contribution in [0.4, 0.5) is 0 Å². The van der Waals surface area contributed by atoms with Crippen LogP contribution in [0.2, 0.25) is 0 Å². The summed E-state index contributed by atoms with van der Waals surface area (Å²) in [6.07, 6.45) is 1.88. The number of hydrogen-bond acceptors (Lipinski definition) is 2. The highest BCUT2D eigenvalue weighted by Crippen LogP contribution is 2.29. The van der Waals surface area contributed by atoms with Crippen molar-refractivity contribution in [2.45, 2.75) is 6.04 Å². The molecule has 0 aromatic heterocycles. The van der Waals surface area contributed by atoms with Gasteiger partial charge in [0.15, 0.2) is 0 Å². The topological polar surface area (TPSA) is 15.3 Å². The van der Waals surface area contributed by atoms with Gasteiger partial charge in [0, 0.05) is 32.2 Å². The van der Waals surface area contributed by atoms with Gasteiger partial charge in [0.2, 0.25) is 0 Å². The maximum Gasteiger partial charge on any atom is 0.0486 e. The fourth-order valence-corrected chi connectivity index (χ4v) is 2.86. The summed E-state index contributed by atoms with van der Waals surface area (Å²) < 4.78 is 0. The zero-order valence-corrected chi connectivity index (χ0v) is 11.0. The van der Waals surface area contributed by atoms with E-state index < -0.39 is 0 Å². The number of hydrogen-bond donors (Lipinski definition) is 1. The van der Waals surface area contributed by atoms with Gasteiger partial charge in [-0.25, -0.2) is 0 Å². The smallest absolute Gasteiger partial charge is 0.0486 e. The zero-order valence-electron chi connectivity index (χ0n) is 11.0. The summed E-state index contributed by atoms with van der Waals surface area (Å²) in [6.45, 7) is 8.98. The lowest BCUT2D eigenvalue weighted by Crippen LogP contribution is -2.44. The normalized spacial score (nSPS) is 20.5. The molecule has 97 valence electrons. The fourth-order valence-electron chi connectivity index (χ4n) is 2.86. The molecule has 0 bridgehead atoms. The molecule has 1 N–H and O–H groups in total. The third-order valence-corrected chi connectivity index (χ3v) is 3.76. The molecule has 2 aromatic carbocycles. The number of piperazine rings is 1. The maximum atomic E-state index is 3.83. The molecule has 0 spiro atoms. The van der Waals surface area contributed by atoms with Crippen molar-refractivity contribution in [1.29, 1.82) is 0 Å². The van der Waals surface area contributed by atoms with Gasteiger partial charge in [-0.1, -0.05) is 48.5 Å². The van der Waals surface area contributed by atoms with Crippen molar-refractivity contribution < 1.29 is 0 Å². The molecule has 0 aliphatic carbocycles. The first-order valence-electron chi connectivity index (χ1n) is 6.80. The average molecular weight is 251 g/mol. The first-order chi connectivity index (χ1) is 9.40. The van der Waals surface area contributed by atoms with Crippen LogP contribution in [0.15, 0.2) is 55.1 Å². The van der Waals surface area contributed by atoms with Gasteiger partial charge in [-0.15, -0.1) is 6.58 Å². The van der Waals surface area contributed by atoms with Crippen LogP contribution in [0.5, 0.6) is 0 Å². The van der Waals surface area contributed by atoms with Crippen molar-refractivity contribution in [1.82, 2.24) is 10.2 Å². The molecule has 1 heterocycles. The van der Waals surface area contributed by atoms with Crippen molar-refractivity contribution in [3.63, 3.8) is 0 Å². The highest BCUT2D eigenvalue weighted by molar-refractivity contribution is 5.86. The molecule has 2 nitrogen and oxygen atoms in total. The van der Waals surface area contributed by atoms with Crippen molar-refractivity contribution in [2.24, 2.45) is 0 Å². The van der Waals surface area contributed by atoms with Crippen LogP contribution in [-0.4, -0.2) is 24.5 Å². The number of rotatable bonds is 3. The van der Waals surface area contributed by atoms with Gasteiger partial charge in [-0.3, -0.25) is 4.90 Å². The Balaban J connectivity index is 2.04. The van der Waals surface area contributed by atoms with Crippen LogP contribution in [0.25, 0.3) is 10.8 Å². The monoisotopic (exact) mass is 251 g/mol. The van der Waals surface area contributed by atoms with Crippen LogP contribution in [-0.2, 0) is 0 Å². The second-order valence-corrected chi connectivity index (χ2v) is 4.91. The second-order valence-electron chi connectivity index (χ2n) is 4.91. The molecule has 1 aliphatic rings. The summed E-state index contributed by atoms with van der Waals surface area (Å²) in [5.41, 5.74) is 1.39. The first kappa shape index (κ1) is 12.4. The molecule has 19 heavy (non-hydrogen) atoms. The summed E-state index contributed by atoms with van der Waals surface area (Å²) in [5, 5.41) is 6.15. The zero-order chi connectivity index (χ0) is 13.1. The Kier molecular flexibility index (Phi) is 3.62. The highest BCUT2D eigenvalue weighted by Gasteiger charge is 2.24. The minimum Gasteiger partial charge on any atom is -0.314 e. The molecular weight excluding hydrogens is 232 g/mol. The van der Waals surface area contributed by atoms with Crippen molar-refractivity contribution in [3.05, 3.63) is 67.2 Å². The number of fused-ring (bicyclic) bond motifs is 1. The van der Waals surface area contributed by atoms with E-state index in [4.69, 9.17) is 0 Å². The lowest BCUT2D eigenvalue weighted by molar-refractivity contribution is 0.213. The molecule has 1 atom stereocenters. The van der Waals surface area contributed by atoms with Gasteiger partial charge < -0.3 is 5.32 Å². The Morgan fingerprint density at radius 3 is 2.89 bits per heavy atom. The molecule has 1 fully saturated rings. The van der Waals surface area contributed by atoms with Crippen LogP contribution >= 0.6 is 0 Å². The fraction of sp³-hybridized carbons (Fsp3) is 0.235. The van der Waals surface area contributed by atoms with Crippen LogP contribution < -0.4 is 5.32 Å². The van der Waals surface area contributed by atoms with E-state index in [-0.39, 0.29) is 0 Å². The molecule has 0 saturated carbocycles. The summed E-state index contributed by atoms with van der Waals surface area (Å²) in [5.74, 6) is 0. The Labute approximate surface area is 114 Å². The largest absolute Gasteiger partial charge is 0.314 e. The minimum absolute atomic E-state index is 0.387. The minimum atomic E-state index is 0.387. The lowest BCUT2D eigenvalue weighted by Gasteiger charge is -2.36. The molecule has 1 aliphatic heterocycles. The van der Waals surface area contributed by atoms with Crippen LogP contribution in [0.1, 0.15) is 11.6 Å². The third-order valence-electron chi connectivity index (χ3n) is 3.76. The van der Waals surface area contributed by atoms with E-state index in [1.165, 1.54) is 16.3 Å². The maximum absolute atomic E-state index is 3.83. The predicted octanol–water partition coefficient (Wildman–Crippen LogP) is 3.13. The summed E-state index contributed by atoms with van der Waals surface area (Å²) in [4.78, 5) is 2.38. The van der Waals surface area contributed by atoms with Crippen LogP contribution in [0.3, 0.4) is 0 Å². The Hall–Kier alpha value is -1.64. The molecule has 0 amide bonds. The molecule has 3 rings (SSSR count). The highest BCUT2D eigenvalue weighted by atomic mass is 15.2. The lowest BCUT2D eigenvalue weighted by atomic mass is 9.96. The number of benzene rings is 2. The van der Waals surface area contributed by atoms with Gasteiger partial charge in [0.1, 0.15) is 0 Å². The van der Waals surface area contributed by atoms with Gasteiger partial charge in [-0.05, 0) is 16.3 Å². The first-order valence-corrected chi connectivity index (χ1v) is 6.80. The summed E-state index contributed by atoms with van der Waals surface area (Å²) >= 11 is 0. The molecule has 2 heteroatoms. The van der Waals surface area contributed by atoms with E-state index in [1.807, 2.05) is 6.08 Å². The molecule has 2 aromatic rings. The summed E-state index contributed by atoms with van der Waals surface area (Å²) in [7, 11) is 0. The Morgan fingerprint density at radius 1 is 1.16 bits per heavy atom. The van der Waals surface area contributed by atoms with E-state index in [1.54, 1.807) is 0 Å². The SMILES string of the molecule is C=C[CH]N1CCNCC1c1cccc2ccccc12. The molecule has 1 radical (unpaired) electrons. The van der Waals surface area contributed by atoms with E-state index in [0.29, 0.717) is 6.04 Å². The van der Waals surface area contributed by atoms with Gasteiger partial charge in [0.25, 0.3) is 0 Å². The van der Waals surface area contributed by atoms with Crippen LogP contribution in [0, 0.1) is 6.54 Å². The van der Waals surface area contributed by atoms with Crippen molar-refractivity contribution >= 4 is 10.8 Å². The van der Waals surface area contributed by atoms with E-state index in [0.717, 1.165) is 19.6 Å². The molecular formula is C17H19N2. The van der Waals surface area contributed by atoms with Gasteiger partial charge in [-0.2, -0.15) is 0 Å². The van der Waals surface area contributed by atoms with Gasteiger partial charge >= 0.3 is 0 Å². The standard InChI is InChI=1S/C17H19N2/c1-2-11-19-12-10-18-13-17(19)16-9-5-7-14-6-3-4-8-15(14)16/h2-9,11,17-18H,1,10,12-13H2. The Morgan fingerprint density at radius 2 is 2.00 bits per heavy atom. The number of nitrogens with zero attached hydrogens (tertiary/aromatic N) is 1. The van der Waals surface area contributed by atoms with E-state index in [9.17, 15) is 0 Å². The predicted molar refractivity (Wildman–Crippen MR) is 80.8 cm³/mol. The van der Waals surface area contributed by atoms with Gasteiger partial charge in [0.05, 0.1) is 0 Å².